The van der Waals surface area contributed by atoms with Crippen LogP contribution in [0.4, 0.5) is 5.69 Å². The molecule has 0 atom stereocenters. The molecule has 0 aliphatic heterocycles. The Bertz CT molecular complexity index is 746. The Morgan fingerprint density at radius 1 is 1.43 bits per heavy atom. The summed E-state index contributed by atoms with van der Waals surface area (Å²) in [6, 6.07) is 3.16. The van der Waals surface area contributed by atoms with E-state index in [1.54, 1.807) is 12.1 Å². The highest BCUT2D eigenvalue weighted by Gasteiger charge is 2.10. The first kappa shape index (κ1) is 15.1. The Morgan fingerprint density at radius 2 is 2.19 bits per heavy atom. The van der Waals surface area contributed by atoms with Crippen LogP contribution in [0, 0.1) is 0 Å². The summed E-state index contributed by atoms with van der Waals surface area (Å²) in [4.78, 5) is 11.2. The second-order valence-electron chi connectivity index (χ2n) is 3.82. The number of hydrazone groups is 1. The van der Waals surface area contributed by atoms with E-state index in [1.807, 2.05) is 0 Å². The molecule has 0 saturated heterocycles. The van der Waals surface area contributed by atoms with E-state index in [4.69, 9.17) is 27.9 Å². The van der Waals surface area contributed by atoms with Crippen LogP contribution in [0.1, 0.15) is 5.56 Å². The summed E-state index contributed by atoms with van der Waals surface area (Å²) in [5.41, 5.74) is 2.73. The highest BCUT2D eigenvalue weighted by atomic mass is 35.5. The smallest absolute Gasteiger partial charge is 0.285 e. The largest absolute Gasteiger partial charge is 0.503 e. The number of nitrogens with one attached hydrogen (secondary N) is 2. The van der Waals surface area contributed by atoms with Crippen molar-refractivity contribution in [1.82, 2.24) is 10.2 Å². The number of methoxy groups -OCH3 is 1. The lowest BCUT2D eigenvalue weighted by molar-refractivity contribution is 0.373. The maximum atomic E-state index is 11.2. The predicted molar refractivity (Wildman–Crippen MR) is 80.8 cm³/mol. The van der Waals surface area contributed by atoms with Crippen molar-refractivity contribution in [3.63, 3.8) is 0 Å². The molecule has 110 valence electrons. The van der Waals surface area contributed by atoms with Gasteiger partial charge < -0.3 is 9.84 Å². The molecule has 0 aliphatic carbocycles. The lowest BCUT2D eigenvalue weighted by atomic mass is 10.2. The van der Waals surface area contributed by atoms with Crippen LogP contribution in [0.25, 0.3) is 0 Å². The number of aromatic hydroxyl groups is 1. The maximum absolute atomic E-state index is 11.2. The van der Waals surface area contributed by atoms with Gasteiger partial charge in [-0.2, -0.15) is 10.2 Å². The third-order valence-electron chi connectivity index (χ3n) is 2.51. The van der Waals surface area contributed by atoms with Crippen LogP contribution < -0.4 is 15.7 Å². The molecular weight excluding hydrogens is 319 g/mol. The molecule has 2 aromatic rings. The normalized spacial score (nSPS) is 10.8. The van der Waals surface area contributed by atoms with Crippen molar-refractivity contribution in [3.8, 4) is 11.5 Å². The van der Waals surface area contributed by atoms with E-state index >= 15 is 0 Å². The summed E-state index contributed by atoms with van der Waals surface area (Å²) in [5, 5.41) is 19.4. The second kappa shape index (κ2) is 6.47. The number of hydrogen-bond acceptors (Lipinski definition) is 6. The summed E-state index contributed by atoms with van der Waals surface area (Å²) >= 11 is 11.7. The number of hydrogen-bond donors (Lipinski definition) is 3. The first-order valence-corrected chi connectivity index (χ1v) is 6.38. The molecular formula is C12H10Cl2N4O3. The van der Waals surface area contributed by atoms with E-state index in [0.717, 1.165) is 0 Å². The number of ether oxygens (including phenoxy) is 1. The highest BCUT2D eigenvalue weighted by molar-refractivity contribution is 6.34. The molecule has 2 rings (SSSR count). The minimum absolute atomic E-state index is 0.0641. The Morgan fingerprint density at radius 3 is 2.90 bits per heavy atom. The number of halogens is 2. The minimum Gasteiger partial charge on any atom is -0.503 e. The third kappa shape index (κ3) is 3.26. The summed E-state index contributed by atoms with van der Waals surface area (Å²) in [7, 11) is 1.42. The van der Waals surface area contributed by atoms with Crippen LogP contribution in [-0.4, -0.2) is 28.6 Å². The Hall–Kier alpha value is -2.25. The molecule has 21 heavy (non-hydrogen) atoms. The Balaban J connectivity index is 2.21. The fourth-order valence-corrected chi connectivity index (χ4v) is 1.80. The van der Waals surface area contributed by atoms with Crippen molar-refractivity contribution >= 4 is 35.1 Å². The lowest BCUT2D eigenvalue weighted by Crippen LogP contribution is -2.10. The molecule has 0 amide bonds. The topological polar surface area (TPSA) is 99.6 Å². The average molecular weight is 329 g/mol. The van der Waals surface area contributed by atoms with Gasteiger partial charge in [0.25, 0.3) is 5.56 Å². The van der Waals surface area contributed by atoms with E-state index in [2.05, 4.69) is 20.7 Å². The molecule has 1 heterocycles. The van der Waals surface area contributed by atoms with Gasteiger partial charge in [0.15, 0.2) is 11.5 Å². The van der Waals surface area contributed by atoms with E-state index in [-0.39, 0.29) is 27.2 Å². The van der Waals surface area contributed by atoms with Gasteiger partial charge in [-0.05, 0) is 12.1 Å². The zero-order chi connectivity index (χ0) is 15.4. The van der Waals surface area contributed by atoms with Gasteiger partial charge >= 0.3 is 0 Å². The van der Waals surface area contributed by atoms with Crippen molar-refractivity contribution in [1.29, 1.82) is 0 Å². The van der Waals surface area contributed by atoms with Gasteiger partial charge in [0.2, 0.25) is 0 Å². The number of aromatic amines is 1. The molecule has 1 aromatic heterocycles. The molecule has 0 unspecified atom stereocenters. The fraction of sp³-hybridized carbons (Fsp3) is 0.0833. The first-order valence-electron chi connectivity index (χ1n) is 5.62. The van der Waals surface area contributed by atoms with Crippen molar-refractivity contribution < 1.29 is 9.84 Å². The molecule has 9 heteroatoms. The van der Waals surface area contributed by atoms with Crippen molar-refractivity contribution in [2.45, 2.75) is 0 Å². The van der Waals surface area contributed by atoms with Crippen LogP contribution in [0.15, 0.2) is 28.2 Å². The van der Waals surface area contributed by atoms with Gasteiger partial charge in [0, 0.05) is 5.56 Å². The number of aromatic nitrogens is 2. The maximum Gasteiger partial charge on any atom is 0.285 e. The lowest BCUT2D eigenvalue weighted by Gasteiger charge is -2.06. The quantitative estimate of drug-likeness (QED) is 0.590. The van der Waals surface area contributed by atoms with Gasteiger partial charge in [-0.15, -0.1) is 0 Å². The monoisotopic (exact) mass is 328 g/mol. The number of rotatable bonds is 4. The molecule has 0 spiro atoms. The van der Waals surface area contributed by atoms with Crippen molar-refractivity contribution in [3.05, 3.63) is 44.3 Å². The highest BCUT2D eigenvalue weighted by Crippen LogP contribution is 2.35. The fourth-order valence-electron chi connectivity index (χ4n) is 1.46. The minimum atomic E-state index is -0.531. The van der Waals surface area contributed by atoms with E-state index < -0.39 is 5.56 Å². The molecule has 0 aliphatic rings. The number of phenolic OH excluding ortho intramolecular Hbond substituents is 1. The summed E-state index contributed by atoms with van der Waals surface area (Å²) in [6.45, 7) is 0. The third-order valence-corrected chi connectivity index (χ3v) is 3.29. The van der Waals surface area contributed by atoms with Gasteiger partial charge in [0.1, 0.15) is 10.7 Å². The number of H-pyrrole nitrogens is 1. The molecule has 0 fully saturated rings. The molecule has 0 saturated carbocycles. The Kier molecular flexibility index (Phi) is 4.66. The van der Waals surface area contributed by atoms with Crippen molar-refractivity contribution in [2.75, 3.05) is 12.5 Å². The first-order chi connectivity index (χ1) is 10.0. The Labute approximate surface area is 129 Å². The zero-order valence-electron chi connectivity index (χ0n) is 10.7. The van der Waals surface area contributed by atoms with Gasteiger partial charge in [-0.25, -0.2) is 5.10 Å². The molecule has 1 aromatic carbocycles. The van der Waals surface area contributed by atoms with Crippen molar-refractivity contribution in [2.24, 2.45) is 5.10 Å². The van der Waals surface area contributed by atoms with Crippen LogP contribution in [0.5, 0.6) is 11.5 Å². The predicted octanol–water partition coefficient (Wildman–Crippen LogP) is 2.24. The molecule has 3 N–H and O–H groups in total. The SMILES string of the molecule is COc1ccc(/C=N\Nc2cn[nH]c(=O)c2Cl)c(Cl)c1O. The average Bonchev–Trinajstić information content (AvgIpc) is 2.48. The van der Waals surface area contributed by atoms with Gasteiger partial charge in [-0.1, -0.05) is 23.2 Å². The molecule has 7 nitrogen and oxygen atoms in total. The summed E-state index contributed by atoms with van der Waals surface area (Å²) in [5.74, 6) is 0.0749. The van der Waals surface area contributed by atoms with Gasteiger partial charge in [0.05, 0.1) is 24.5 Å². The van der Waals surface area contributed by atoms with Crippen LogP contribution in [0.3, 0.4) is 0 Å². The number of benzene rings is 1. The molecule has 0 bridgehead atoms. The number of nitrogens with zero attached hydrogens (tertiary/aromatic N) is 2. The van der Waals surface area contributed by atoms with Gasteiger partial charge in [-0.3, -0.25) is 10.2 Å². The summed E-state index contributed by atoms with van der Waals surface area (Å²) in [6.07, 6.45) is 2.67. The van der Waals surface area contributed by atoms with Crippen LogP contribution >= 0.6 is 23.2 Å². The standard InChI is InChI=1S/C12H10Cl2N4O3/c1-21-8-3-2-6(9(13)11(8)19)4-15-17-7-5-16-18-12(20)10(7)14/h2-5,19H,1H3,(H2,17,18,20)/b15-4-. The number of phenols is 1. The number of anilines is 1. The van der Waals surface area contributed by atoms with E-state index in [9.17, 15) is 9.90 Å². The van der Waals surface area contributed by atoms with E-state index in [1.165, 1.54) is 19.5 Å². The summed E-state index contributed by atoms with van der Waals surface area (Å²) < 4.78 is 4.93. The van der Waals surface area contributed by atoms with E-state index in [0.29, 0.717) is 5.56 Å². The molecule has 0 radical (unpaired) electrons. The second-order valence-corrected chi connectivity index (χ2v) is 4.57. The van der Waals surface area contributed by atoms with Crippen LogP contribution in [0.2, 0.25) is 10.0 Å². The zero-order valence-corrected chi connectivity index (χ0v) is 12.2. The van der Waals surface area contributed by atoms with Crippen LogP contribution in [-0.2, 0) is 0 Å².